The molecule has 2 aromatic rings. The van der Waals surface area contributed by atoms with Gasteiger partial charge in [0.1, 0.15) is 11.3 Å². The van der Waals surface area contributed by atoms with Gasteiger partial charge in [0.05, 0.1) is 19.9 Å². The predicted octanol–water partition coefficient (Wildman–Crippen LogP) is 2.98. The highest BCUT2D eigenvalue weighted by atomic mass is 35.5. The van der Waals surface area contributed by atoms with Crippen LogP contribution in [0.3, 0.4) is 0 Å². The molecule has 0 spiro atoms. The molecule has 2 rings (SSSR count). The Bertz CT molecular complexity index is 632. The SMILES string of the molecule is CCOC(=O)c1c(-c2cccc(OC)c2)cnnc1Cl. The molecule has 0 fully saturated rings. The van der Waals surface area contributed by atoms with E-state index in [-0.39, 0.29) is 17.3 Å². The number of aromatic nitrogens is 2. The van der Waals surface area contributed by atoms with E-state index >= 15 is 0 Å². The van der Waals surface area contributed by atoms with Crippen molar-refractivity contribution < 1.29 is 14.3 Å². The van der Waals surface area contributed by atoms with Crippen molar-refractivity contribution in [3.05, 3.63) is 41.2 Å². The number of hydrogen-bond acceptors (Lipinski definition) is 5. The second-order valence-corrected chi connectivity index (χ2v) is 4.23. The van der Waals surface area contributed by atoms with E-state index in [9.17, 15) is 4.79 Å². The summed E-state index contributed by atoms with van der Waals surface area (Å²) in [4.78, 5) is 12.0. The summed E-state index contributed by atoms with van der Waals surface area (Å²) in [6.07, 6.45) is 1.48. The van der Waals surface area contributed by atoms with Crippen LogP contribution < -0.4 is 4.74 Å². The number of nitrogens with zero attached hydrogens (tertiary/aromatic N) is 2. The van der Waals surface area contributed by atoms with E-state index in [1.165, 1.54) is 6.20 Å². The zero-order chi connectivity index (χ0) is 14.5. The molecular formula is C14H13ClN2O3. The monoisotopic (exact) mass is 292 g/mol. The Morgan fingerprint density at radius 2 is 2.20 bits per heavy atom. The molecule has 0 aliphatic carbocycles. The van der Waals surface area contributed by atoms with Crippen molar-refractivity contribution in [3.63, 3.8) is 0 Å². The van der Waals surface area contributed by atoms with Crippen LogP contribution in [-0.4, -0.2) is 29.9 Å². The van der Waals surface area contributed by atoms with Crippen LogP contribution in [0.5, 0.6) is 5.75 Å². The van der Waals surface area contributed by atoms with Gasteiger partial charge in [-0.15, -0.1) is 5.10 Å². The number of rotatable bonds is 4. The van der Waals surface area contributed by atoms with Crippen LogP contribution in [0.25, 0.3) is 11.1 Å². The van der Waals surface area contributed by atoms with Gasteiger partial charge in [0, 0.05) is 5.56 Å². The molecule has 0 bridgehead atoms. The predicted molar refractivity (Wildman–Crippen MR) is 75.0 cm³/mol. The Hall–Kier alpha value is -2.14. The van der Waals surface area contributed by atoms with Gasteiger partial charge < -0.3 is 9.47 Å². The van der Waals surface area contributed by atoms with Crippen LogP contribution >= 0.6 is 11.6 Å². The minimum atomic E-state index is -0.523. The highest BCUT2D eigenvalue weighted by Gasteiger charge is 2.20. The van der Waals surface area contributed by atoms with Crippen molar-refractivity contribution in [1.29, 1.82) is 0 Å². The van der Waals surface area contributed by atoms with Crippen LogP contribution in [0.4, 0.5) is 0 Å². The molecule has 5 nitrogen and oxygen atoms in total. The summed E-state index contributed by atoms with van der Waals surface area (Å²) in [7, 11) is 1.57. The smallest absolute Gasteiger partial charge is 0.342 e. The fourth-order valence-corrected chi connectivity index (χ4v) is 1.99. The van der Waals surface area contributed by atoms with Crippen molar-refractivity contribution >= 4 is 17.6 Å². The van der Waals surface area contributed by atoms with E-state index in [0.29, 0.717) is 11.3 Å². The molecule has 1 aromatic carbocycles. The first-order chi connectivity index (χ1) is 9.67. The molecule has 0 atom stereocenters. The number of benzene rings is 1. The third-order valence-electron chi connectivity index (χ3n) is 2.67. The standard InChI is InChI=1S/C14H13ClN2O3/c1-3-20-14(18)12-11(8-16-17-13(12)15)9-5-4-6-10(7-9)19-2/h4-8H,3H2,1-2H3. The average Bonchev–Trinajstić information content (AvgIpc) is 2.47. The second kappa shape index (κ2) is 6.34. The molecule has 0 aliphatic heterocycles. The molecule has 0 amide bonds. The lowest BCUT2D eigenvalue weighted by Gasteiger charge is -2.10. The molecule has 104 valence electrons. The van der Waals surface area contributed by atoms with E-state index in [4.69, 9.17) is 21.1 Å². The number of hydrogen-bond donors (Lipinski definition) is 0. The van der Waals surface area contributed by atoms with Gasteiger partial charge in [-0.2, -0.15) is 5.10 Å². The summed E-state index contributed by atoms with van der Waals surface area (Å²) in [6, 6.07) is 7.25. The summed E-state index contributed by atoms with van der Waals surface area (Å²) < 4.78 is 10.2. The number of methoxy groups -OCH3 is 1. The van der Waals surface area contributed by atoms with E-state index in [2.05, 4.69) is 10.2 Å². The first kappa shape index (κ1) is 14.3. The highest BCUT2D eigenvalue weighted by Crippen LogP contribution is 2.29. The Balaban J connectivity index is 2.55. The van der Waals surface area contributed by atoms with E-state index in [0.717, 1.165) is 5.56 Å². The quantitative estimate of drug-likeness (QED) is 0.811. The Morgan fingerprint density at radius 3 is 2.90 bits per heavy atom. The van der Waals surface area contributed by atoms with E-state index < -0.39 is 5.97 Å². The number of ether oxygens (including phenoxy) is 2. The molecule has 0 aliphatic rings. The second-order valence-electron chi connectivity index (χ2n) is 3.88. The van der Waals surface area contributed by atoms with Crippen LogP contribution in [-0.2, 0) is 4.74 Å². The topological polar surface area (TPSA) is 61.3 Å². The van der Waals surface area contributed by atoms with Crippen LogP contribution in [0.2, 0.25) is 5.15 Å². The van der Waals surface area contributed by atoms with Gasteiger partial charge in [-0.25, -0.2) is 4.79 Å². The van der Waals surface area contributed by atoms with Gasteiger partial charge >= 0.3 is 5.97 Å². The zero-order valence-corrected chi connectivity index (χ0v) is 11.8. The maximum Gasteiger partial charge on any atom is 0.342 e. The third-order valence-corrected chi connectivity index (χ3v) is 2.93. The molecule has 0 unspecified atom stereocenters. The molecular weight excluding hydrogens is 280 g/mol. The van der Waals surface area contributed by atoms with Crippen molar-refractivity contribution in [2.45, 2.75) is 6.92 Å². The van der Waals surface area contributed by atoms with Crippen molar-refractivity contribution in [2.75, 3.05) is 13.7 Å². The third kappa shape index (κ3) is 2.88. The van der Waals surface area contributed by atoms with Gasteiger partial charge in [0.25, 0.3) is 0 Å². The summed E-state index contributed by atoms with van der Waals surface area (Å²) >= 11 is 5.98. The van der Waals surface area contributed by atoms with E-state index in [1.54, 1.807) is 20.1 Å². The molecule has 6 heteroatoms. The zero-order valence-electron chi connectivity index (χ0n) is 11.1. The Morgan fingerprint density at radius 1 is 1.40 bits per heavy atom. The summed E-state index contributed by atoms with van der Waals surface area (Å²) in [5.74, 6) is 0.149. The molecule has 0 radical (unpaired) electrons. The molecule has 0 saturated carbocycles. The summed E-state index contributed by atoms with van der Waals surface area (Å²) in [5, 5.41) is 7.50. The number of carbonyl (C=O) groups is 1. The van der Waals surface area contributed by atoms with Gasteiger partial charge in [-0.3, -0.25) is 0 Å². The van der Waals surface area contributed by atoms with Crippen LogP contribution in [0, 0.1) is 0 Å². The average molecular weight is 293 g/mol. The van der Waals surface area contributed by atoms with Gasteiger partial charge in [-0.1, -0.05) is 23.7 Å². The molecule has 1 aromatic heterocycles. The first-order valence-corrected chi connectivity index (χ1v) is 6.38. The minimum Gasteiger partial charge on any atom is -0.497 e. The highest BCUT2D eigenvalue weighted by molar-refractivity contribution is 6.33. The summed E-state index contributed by atoms with van der Waals surface area (Å²) in [5.41, 5.74) is 1.52. The lowest BCUT2D eigenvalue weighted by atomic mass is 10.0. The maximum absolute atomic E-state index is 12.0. The van der Waals surface area contributed by atoms with Gasteiger partial charge in [0.2, 0.25) is 0 Å². The van der Waals surface area contributed by atoms with Crippen molar-refractivity contribution in [1.82, 2.24) is 10.2 Å². The lowest BCUT2D eigenvalue weighted by Crippen LogP contribution is -2.09. The number of halogens is 1. The lowest BCUT2D eigenvalue weighted by molar-refractivity contribution is 0.0527. The Labute approximate surface area is 121 Å². The normalized spacial score (nSPS) is 10.2. The Kier molecular flexibility index (Phi) is 4.53. The summed E-state index contributed by atoms with van der Waals surface area (Å²) in [6.45, 7) is 1.99. The molecule has 0 saturated heterocycles. The van der Waals surface area contributed by atoms with Crippen molar-refractivity contribution in [2.24, 2.45) is 0 Å². The molecule has 0 N–H and O–H groups in total. The van der Waals surface area contributed by atoms with Crippen molar-refractivity contribution in [3.8, 4) is 16.9 Å². The molecule has 1 heterocycles. The number of carbonyl (C=O) groups excluding carboxylic acids is 1. The fraction of sp³-hybridized carbons (Fsp3) is 0.214. The van der Waals surface area contributed by atoms with E-state index in [1.807, 2.05) is 18.2 Å². The van der Waals surface area contributed by atoms with Crippen LogP contribution in [0.1, 0.15) is 17.3 Å². The van der Waals surface area contributed by atoms with Crippen LogP contribution in [0.15, 0.2) is 30.5 Å². The minimum absolute atomic E-state index is 0.0174. The first-order valence-electron chi connectivity index (χ1n) is 6.00. The number of esters is 1. The molecule has 20 heavy (non-hydrogen) atoms. The largest absolute Gasteiger partial charge is 0.497 e. The fourth-order valence-electron chi connectivity index (χ4n) is 1.77. The maximum atomic E-state index is 12.0. The van der Waals surface area contributed by atoms with Gasteiger partial charge in [-0.05, 0) is 24.6 Å². The van der Waals surface area contributed by atoms with Gasteiger partial charge in [0.15, 0.2) is 5.15 Å².